The van der Waals surface area contributed by atoms with Crippen LogP contribution in [0, 0.1) is 0 Å². The number of benzene rings is 1. The van der Waals surface area contributed by atoms with E-state index in [4.69, 9.17) is 0 Å². The minimum atomic E-state index is -4.91. The predicted octanol–water partition coefficient (Wildman–Crippen LogP) is 2.02. The molecule has 0 aromatic heterocycles. The zero-order valence-corrected chi connectivity index (χ0v) is 15.8. The summed E-state index contributed by atoms with van der Waals surface area (Å²) in [6, 6.07) is 7.65. The normalized spacial score (nSPS) is 11.9. The van der Waals surface area contributed by atoms with Gasteiger partial charge in [0.15, 0.2) is 0 Å². The maximum absolute atomic E-state index is 12.3. The van der Waals surface area contributed by atoms with Crippen molar-refractivity contribution in [2.75, 3.05) is 5.75 Å². The van der Waals surface area contributed by atoms with E-state index in [1.54, 1.807) is 0 Å². The number of halogens is 3. The van der Waals surface area contributed by atoms with Crippen LogP contribution in [0.4, 0.5) is 12.9 Å². The van der Waals surface area contributed by atoms with Crippen molar-refractivity contribution in [2.24, 2.45) is 0 Å². The standard InChI is InChI=1S/C13H17BF3S.K/c1-10(14(15,16)17)9-18-12-7-5-11(6-8-12)13(2,3)4;/h5-8H,1,9H2,2-4H3;/q-1;+1. The molecule has 0 amide bonds. The molecule has 0 saturated carbocycles. The molecule has 1 aromatic carbocycles. The molecular formula is C13H17BF3KS. The van der Waals surface area contributed by atoms with E-state index >= 15 is 0 Å². The molecule has 100 valence electrons. The van der Waals surface area contributed by atoms with Crippen LogP contribution < -0.4 is 51.4 Å². The first-order chi connectivity index (χ1) is 8.10. The van der Waals surface area contributed by atoms with Crippen LogP contribution in [0.15, 0.2) is 41.2 Å². The quantitative estimate of drug-likeness (QED) is 0.605. The van der Waals surface area contributed by atoms with Crippen LogP contribution in [0.25, 0.3) is 0 Å². The number of thioether (sulfide) groups is 1. The first-order valence-electron chi connectivity index (χ1n) is 5.71. The Labute approximate surface area is 160 Å². The van der Waals surface area contributed by atoms with Gasteiger partial charge in [-0.3, -0.25) is 0 Å². The predicted molar refractivity (Wildman–Crippen MR) is 74.1 cm³/mol. The molecule has 0 nitrogen and oxygen atoms in total. The Morgan fingerprint density at radius 2 is 1.63 bits per heavy atom. The van der Waals surface area contributed by atoms with Crippen LogP contribution in [0.5, 0.6) is 0 Å². The van der Waals surface area contributed by atoms with Crippen molar-refractivity contribution in [1.29, 1.82) is 0 Å². The van der Waals surface area contributed by atoms with E-state index < -0.39 is 12.4 Å². The Balaban J connectivity index is 0.00000324. The fourth-order valence-electron chi connectivity index (χ4n) is 1.32. The summed E-state index contributed by atoms with van der Waals surface area (Å²) in [6.45, 7) is 4.47. The minimum Gasteiger partial charge on any atom is -0.445 e. The first-order valence-corrected chi connectivity index (χ1v) is 6.70. The summed E-state index contributed by atoms with van der Waals surface area (Å²) < 4.78 is 37.0. The Morgan fingerprint density at radius 1 is 1.16 bits per heavy atom. The van der Waals surface area contributed by atoms with E-state index in [2.05, 4.69) is 27.4 Å². The average molecular weight is 312 g/mol. The van der Waals surface area contributed by atoms with Crippen LogP contribution in [0.2, 0.25) is 0 Å². The van der Waals surface area contributed by atoms with E-state index in [1.807, 2.05) is 24.3 Å². The van der Waals surface area contributed by atoms with E-state index in [0.717, 1.165) is 4.90 Å². The maximum atomic E-state index is 12.3. The molecule has 1 rings (SSSR count). The second kappa shape index (κ2) is 7.71. The van der Waals surface area contributed by atoms with Crippen LogP contribution in [-0.4, -0.2) is 12.7 Å². The first kappa shape index (κ1) is 19.8. The second-order valence-electron chi connectivity index (χ2n) is 5.30. The topological polar surface area (TPSA) is 0 Å². The van der Waals surface area contributed by atoms with Gasteiger partial charge in [0.2, 0.25) is 0 Å². The Hall–Kier alpha value is 0.801. The summed E-state index contributed by atoms with van der Waals surface area (Å²) >= 11 is 1.17. The zero-order valence-electron chi connectivity index (χ0n) is 11.8. The molecule has 0 saturated heterocycles. The van der Waals surface area contributed by atoms with Gasteiger partial charge < -0.3 is 12.9 Å². The molecule has 0 unspecified atom stereocenters. The third-order valence-electron chi connectivity index (χ3n) is 2.61. The second-order valence-corrected chi connectivity index (χ2v) is 6.34. The van der Waals surface area contributed by atoms with Crippen LogP contribution >= 0.6 is 11.8 Å². The van der Waals surface area contributed by atoms with Gasteiger partial charge in [0.05, 0.1) is 0 Å². The smallest absolute Gasteiger partial charge is 0.445 e. The largest absolute Gasteiger partial charge is 1.00 e. The van der Waals surface area contributed by atoms with Crippen molar-refractivity contribution in [3.05, 3.63) is 41.9 Å². The fraction of sp³-hybridized carbons (Fsp3) is 0.385. The Bertz CT molecular complexity index is 421. The Morgan fingerprint density at radius 3 is 2.00 bits per heavy atom. The van der Waals surface area contributed by atoms with Crippen molar-refractivity contribution in [3.8, 4) is 0 Å². The number of hydrogen-bond donors (Lipinski definition) is 0. The molecule has 0 atom stereocenters. The maximum Gasteiger partial charge on any atom is 1.00 e. The molecular weight excluding hydrogens is 295 g/mol. The summed E-state index contributed by atoms with van der Waals surface area (Å²) in [5.41, 5.74) is 0.590. The molecule has 0 aliphatic carbocycles. The van der Waals surface area contributed by atoms with Gasteiger partial charge in [-0.05, 0) is 28.9 Å². The minimum absolute atomic E-state index is 0. The Kier molecular flexibility index (Phi) is 8.03. The third kappa shape index (κ3) is 6.87. The van der Waals surface area contributed by atoms with Gasteiger partial charge in [0.1, 0.15) is 0 Å². The van der Waals surface area contributed by atoms with Crippen LogP contribution in [0.3, 0.4) is 0 Å². The van der Waals surface area contributed by atoms with Gasteiger partial charge in [-0.2, -0.15) is 0 Å². The summed E-state index contributed by atoms with van der Waals surface area (Å²) in [5.74, 6) is -0.0988. The molecule has 0 aliphatic rings. The summed E-state index contributed by atoms with van der Waals surface area (Å²) in [7, 11) is 0. The average Bonchev–Trinajstić information content (AvgIpc) is 2.24. The van der Waals surface area contributed by atoms with Gasteiger partial charge in [-0.1, -0.05) is 32.9 Å². The molecule has 0 fully saturated rings. The summed E-state index contributed by atoms with van der Waals surface area (Å²) in [6.07, 6.45) is 0. The molecule has 6 heteroatoms. The van der Waals surface area contributed by atoms with Gasteiger partial charge in [-0.15, -0.1) is 23.8 Å². The third-order valence-corrected chi connectivity index (χ3v) is 3.73. The van der Waals surface area contributed by atoms with Crippen molar-refractivity contribution >= 4 is 18.7 Å². The zero-order chi connectivity index (χ0) is 14.0. The molecule has 0 aliphatic heterocycles. The molecule has 19 heavy (non-hydrogen) atoms. The molecule has 0 N–H and O–H groups in total. The van der Waals surface area contributed by atoms with Gasteiger partial charge in [0.25, 0.3) is 0 Å². The van der Waals surface area contributed by atoms with Gasteiger partial charge in [0, 0.05) is 4.90 Å². The molecule has 0 heterocycles. The van der Waals surface area contributed by atoms with Crippen molar-refractivity contribution < 1.29 is 64.3 Å². The van der Waals surface area contributed by atoms with E-state index in [-0.39, 0.29) is 62.6 Å². The monoisotopic (exact) mass is 312 g/mol. The molecule has 0 radical (unpaired) electrons. The SMILES string of the molecule is C=C(CSc1ccc(C(C)(C)C)cc1)[B-](F)(F)F.[K+]. The van der Waals surface area contributed by atoms with Crippen molar-refractivity contribution in [1.82, 2.24) is 0 Å². The van der Waals surface area contributed by atoms with Crippen LogP contribution in [0.1, 0.15) is 26.3 Å². The number of rotatable bonds is 4. The van der Waals surface area contributed by atoms with Crippen molar-refractivity contribution in [2.45, 2.75) is 31.1 Å². The van der Waals surface area contributed by atoms with E-state index in [0.29, 0.717) is 0 Å². The fourth-order valence-corrected chi connectivity index (χ4v) is 2.19. The number of hydrogen-bond acceptors (Lipinski definition) is 1. The van der Waals surface area contributed by atoms with Gasteiger partial charge >= 0.3 is 58.4 Å². The molecule has 0 spiro atoms. The van der Waals surface area contributed by atoms with E-state index in [1.165, 1.54) is 17.3 Å². The molecule has 1 aromatic rings. The van der Waals surface area contributed by atoms with Gasteiger partial charge in [-0.25, -0.2) is 0 Å². The van der Waals surface area contributed by atoms with E-state index in [9.17, 15) is 12.9 Å². The molecule has 0 bridgehead atoms. The summed E-state index contributed by atoms with van der Waals surface area (Å²) in [5, 5.41) is 0. The summed E-state index contributed by atoms with van der Waals surface area (Å²) in [4.78, 5) is 0.837. The van der Waals surface area contributed by atoms with Crippen molar-refractivity contribution in [3.63, 3.8) is 0 Å². The van der Waals surface area contributed by atoms with Crippen LogP contribution in [-0.2, 0) is 5.41 Å².